The minimum Gasteiger partial charge on any atom is -0.456 e. The largest absolute Gasteiger partial charge is 0.456 e. The number of benzene rings is 1. The van der Waals surface area contributed by atoms with Crippen LogP contribution in [0.1, 0.15) is 36.5 Å². The van der Waals surface area contributed by atoms with E-state index in [0.717, 1.165) is 6.42 Å². The summed E-state index contributed by atoms with van der Waals surface area (Å²) in [5.41, 5.74) is 0.468. The SMILES string of the molecule is CCCNC(=O)NC(=O)COC(=O)CCCNC(=O)c1ccc(Cl)cc1. The minimum atomic E-state index is -0.706. The van der Waals surface area contributed by atoms with Crippen LogP contribution in [-0.2, 0) is 14.3 Å². The Labute approximate surface area is 156 Å². The van der Waals surface area contributed by atoms with Crippen LogP contribution in [0.3, 0.4) is 0 Å². The molecule has 8 nitrogen and oxygen atoms in total. The van der Waals surface area contributed by atoms with Crippen LogP contribution in [-0.4, -0.2) is 43.5 Å². The summed E-state index contributed by atoms with van der Waals surface area (Å²) in [5.74, 6) is -1.56. The maximum absolute atomic E-state index is 11.8. The third kappa shape index (κ3) is 9.03. The van der Waals surface area contributed by atoms with E-state index in [1.165, 1.54) is 0 Å². The van der Waals surface area contributed by atoms with Crippen LogP contribution in [0.25, 0.3) is 0 Å². The smallest absolute Gasteiger partial charge is 0.321 e. The second-order valence-electron chi connectivity index (χ2n) is 5.33. The highest BCUT2D eigenvalue weighted by molar-refractivity contribution is 6.30. The van der Waals surface area contributed by atoms with Gasteiger partial charge in [0, 0.05) is 30.1 Å². The summed E-state index contributed by atoms with van der Waals surface area (Å²) in [4.78, 5) is 46.0. The zero-order valence-corrected chi connectivity index (χ0v) is 15.2. The molecule has 0 aliphatic carbocycles. The maximum atomic E-state index is 11.8. The van der Waals surface area contributed by atoms with Crippen molar-refractivity contribution in [2.45, 2.75) is 26.2 Å². The Kier molecular flexibility index (Phi) is 9.78. The molecule has 142 valence electrons. The van der Waals surface area contributed by atoms with E-state index in [2.05, 4.69) is 10.6 Å². The molecule has 1 aromatic rings. The van der Waals surface area contributed by atoms with Crippen molar-refractivity contribution in [3.63, 3.8) is 0 Å². The van der Waals surface area contributed by atoms with Crippen molar-refractivity contribution in [2.24, 2.45) is 0 Å². The molecular formula is C17H22ClN3O5. The first-order valence-corrected chi connectivity index (χ1v) is 8.57. The normalized spacial score (nSPS) is 9.92. The van der Waals surface area contributed by atoms with E-state index in [9.17, 15) is 19.2 Å². The molecule has 0 fully saturated rings. The summed E-state index contributed by atoms with van der Waals surface area (Å²) in [6, 6.07) is 5.79. The number of imide groups is 1. The Morgan fingerprint density at radius 3 is 2.38 bits per heavy atom. The molecule has 0 heterocycles. The molecule has 0 aliphatic rings. The Balaban J connectivity index is 2.14. The van der Waals surface area contributed by atoms with Gasteiger partial charge in [-0.25, -0.2) is 4.79 Å². The third-order valence-corrected chi connectivity index (χ3v) is 3.35. The average Bonchev–Trinajstić information content (AvgIpc) is 2.62. The lowest BCUT2D eigenvalue weighted by Crippen LogP contribution is -2.41. The van der Waals surface area contributed by atoms with Crippen molar-refractivity contribution in [2.75, 3.05) is 19.7 Å². The zero-order chi connectivity index (χ0) is 19.4. The molecule has 0 unspecified atom stereocenters. The monoisotopic (exact) mass is 383 g/mol. The van der Waals surface area contributed by atoms with Crippen LogP contribution in [0.4, 0.5) is 4.79 Å². The van der Waals surface area contributed by atoms with Gasteiger partial charge in [0.15, 0.2) is 6.61 Å². The van der Waals surface area contributed by atoms with Gasteiger partial charge in [0.2, 0.25) is 0 Å². The second kappa shape index (κ2) is 11.9. The first-order chi connectivity index (χ1) is 12.4. The van der Waals surface area contributed by atoms with Gasteiger partial charge in [0.1, 0.15) is 0 Å². The number of urea groups is 1. The molecule has 1 aromatic carbocycles. The number of hydrogen-bond donors (Lipinski definition) is 3. The molecular weight excluding hydrogens is 362 g/mol. The van der Waals surface area contributed by atoms with Crippen molar-refractivity contribution in [1.29, 1.82) is 0 Å². The fraction of sp³-hybridized carbons (Fsp3) is 0.412. The Morgan fingerprint density at radius 1 is 1.04 bits per heavy atom. The van der Waals surface area contributed by atoms with Crippen molar-refractivity contribution in [3.05, 3.63) is 34.9 Å². The van der Waals surface area contributed by atoms with Crippen LogP contribution < -0.4 is 16.0 Å². The molecule has 0 saturated carbocycles. The first-order valence-electron chi connectivity index (χ1n) is 8.19. The van der Waals surface area contributed by atoms with Crippen LogP contribution in [0.15, 0.2) is 24.3 Å². The lowest BCUT2D eigenvalue weighted by molar-refractivity contribution is -0.148. The first kappa shape index (κ1) is 21.4. The molecule has 0 aliphatic heterocycles. The minimum absolute atomic E-state index is 0.0379. The fourth-order valence-corrected chi connectivity index (χ4v) is 1.93. The lowest BCUT2D eigenvalue weighted by atomic mass is 10.2. The number of esters is 1. The molecule has 0 aromatic heterocycles. The van der Waals surface area contributed by atoms with Crippen molar-refractivity contribution < 1.29 is 23.9 Å². The van der Waals surface area contributed by atoms with Crippen LogP contribution in [0.5, 0.6) is 0 Å². The van der Waals surface area contributed by atoms with E-state index in [4.69, 9.17) is 16.3 Å². The molecule has 1 rings (SSSR count). The van der Waals surface area contributed by atoms with E-state index in [1.54, 1.807) is 24.3 Å². The highest BCUT2D eigenvalue weighted by Gasteiger charge is 2.11. The predicted octanol–water partition coefficient (Wildman–Crippen LogP) is 1.63. The van der Waals surface area contributed by atoms with Gasteiger partial charge in [0.05, 0.1) is 0 Å². The summed E-state index contributed by atoms with van der Waals surface area (Å²) in [7, 11) is 0. The molecule has 0 atom stereocenters. The average molecular weight is 384 g/mol. The summed E-state index contributed by atoms with van der Waals surface area (Å²) >= 11 is 5.75. The topological polar surface area (TPSA) is 114 Å². The Morgan fingerprint density at radius 2 is 1.73 bits per heavy atom. The Bertz CT molecular complexity index is 634. The lowest BCUT2D eigenvalue weighted by Gasteiger charge is -2.07. The summed E-state index contributed by atoms with van der Waals surface area (Å²) < 4.78 is 4.76. The Hall–Kier alpha value is -2.61. The van der Waals surface area contributed by atoms with E-state index < -0.39 is 24.5 Å². The van der Waals surface area contributed by atoms with Crippen LogP contribution in [0, 0.1) is 0 Å². The molecule has 3 N–H and O–H groups in total. The molecule has 9 heteroatoms. The van der Waals surface area contributed by atoms with E-state index >= 15 is 0 Å². The van der Waals surface area contributed by atoms with Crippen LogP contribution >= 0.6 is 11.6 Å². The molecule has 4 amide bonds. The number of carbonyl (C=O) groups is 4. The molecule has 26 heavy (non-hydrogen) atoms. The number of ether oxygens (including phenoxy) is 1. The molecule has 0 bridgehead atoms. The summed E-state index contributed by atoms with van der Waals surface area (Å²) in [5, 5.41) is 7.70. The highest BCUT2D eigenvalue weighted by atomic mass is 35.5. The summed E-state index contributed by atoms with van der Waals surface area (Å²) in [6.07, 6.45) is 1.14. The van der Waals surface area contributed by atoms with E-state index in [1.807, 2.05) is 12.2 Å². The predicted molar refractivity (Wildman–Crippen MR) is 95.8 cm³/mol. The molecule has 0 saturated heterocycles. The number of hydrogen-bond acceptors (Lipinski definition) is 5. The third-order valence-electron chi connectivity index (χ3n) is 3.10. The van der Waals surface area contributed by atoms with Gasteiger partial charge in [0.25, 0.3) is 11.8 Å². The van der Waals surface area contributed by atoms with Gasteiger partial charge in [-0.15, -0.1) is 0 Å². The number of nitrogens with one attached hydrogen (secondary N) is 3. The standard InChI is InChI=1S/C17H22ClN3O5/c1-2-9-20-17(25)21-14(22)11-26-15(23)4-3-10-19-16(24)12-5-7-13(18)8-6-12/h5-8H,2-4,9-11H2,1H3,(H,19,24)(H2,20,21,22,25). The van der Waals surface area contributed by atoms with Crippen molar-refractivity contribution >= 4 is 35.4 Å². The number of carbonyl (C=O) groups excluding carboxylic acids is 4. The number of rotatable bonds is 9. The van der Waals surface area contributed by atoms with Crippen molar-refractivity contribution in [1.82, 2.24) is 16.0 Å². The summed E-state index contributed by atoms with van der Waals surface area (Å²) in [6.45, 7) is 2.07. The molecule has 0 spiro atoms. The van der Waals surface area contributed by atoms with Gasteiger partial charge < -0.3 is 15.4 Å². The van der Waals surface area contributed by atoms with Crippen molar-refractivity contribution in [3.8, 4) is 0 Å². The number of amides is 4. The molecule has 0 radical (unpaired) electrons. The fourth-order valence-electron chi connectivity index (χ4n) is 1.80. The van der Waals surface area contributed by atoms with Gasteiger partial charge in [-0.2, -0.15) is 0 Å². The van der Waals surface area contributed by atoms with E-state index in [-0.39, 0.29) is 18.9 Å². The van der Waals surface area contributed by atoms with Gasteiger partial charge >= 0.3 is 12.0 Å². The number of halogens is 1. The van der Waals surface area contributed by atoms with Gasteiger partial charge in [-0.3, -0.25) is 19.7 Å². The second-order valence-corrected chi connectivity index (χ2v) is 5.77. The maximum Gasteiger partial charge on any atom is 0.321 e. The van der Waals surface area contributed by atoms with Gasteiger partial charge in [-0.1, -0.05) is 18.5 Å². The van der Waals surface area contributed by atoms with E-state index in [0.29, 0.717) is 23.6 Å². The zero-order valence-electron chi connectivity index (χ0n) is 14.5. The highest BCUT2D eigenvalue weighted by Crippen LogP contribution is 2.09. The van der Waals surface area contributed by atoms with Gasteiger partial charge in [-0.05, 0) is 37.1 Å². The quantitative estimate of drug-likeness (QED) is 0.443. The van der Waals surface area contributed by atoms with Crippen LogP contribution in [0.2, 0.25) is 5.02 Å².